The molecule has 0 aromatic rings. The van der Waals surface area contributed by atoms with Gasteiger partial charge in [0.05, 0.1) is 40.3 Å². The molecule has 0 heterocycles. The number of carboxylic acids is 1. The van der Waals surface area contributed by atoms with Crippen LogP contribution in [0, 0.1) is 0 Å². The first kappa shape index (κ1) is 56.0. The molecule has 0 spiro atoms. The molecule has 0 fully saturated rings. The SMILES string of the molecule is CC/C=C/C/C=C/C/C=C/C/C=C/CCCCCC(=O)OCC(COCCC(C(=O)[O-])[N+](C)(C)C)OC(=O)CCCCCCCCC/C=C/CCCCCCCCCC. The molecule has 340 valence electrons. The summed E-state index contributed by atoms with van der Waals surface area (Å²) >= 11 is 0. The lowest BCUT2D eigenvalue weighted by Crippen LogP contribution is -2.55. The summed E-state index contributed by atoms with van der Waals surface area (Å²) in [6, 6.07) is -0.733. The summed E-state index contributed by atoms with van der Waals surface area (Å²) in [6.07, 6.45) is 51.0. The summed E-state index contributed by atoms with van der Waals surface area (Å²) in [5.41, 5.74) is 0. The first-order valence-corrected chi connectivity index (χ1v) is 23.8. The van der Waals surface area contributed by atoms with Gasteiger partial charge in [-0.15, -0.1) is 0 Å². The van der Waals surface area contributed by atoms with Crippen LogP contribution in [0.3, 0.4) is 0 Å². The van der Waals surface area contributed by atoms with Crippen LogP contribution < -0.4 is 5.11 Å². The van der Waals surface area contributed by atoms with E-state index in [9.17, 15) is 19.5 Å². The highest BCUT2D eigenvalue weighted by Gasteiger charge is 2.25. The highest BCUT2D eigenvalue weighted by molar-refractivity contribution is 5.70. The number of carbonyl (C=O) groups is 3. The van der Waals surface area contributed by atoms with Crippen molar-refractivity contribution in [3.63, 3.8) is 0 Å². The summed E-state index contributed by atoms with van der Waals surface area (Å²) < 4.78 is 17.2. The summed E-state index contributed by atoms with van der Waals surface area (Å²) in [5, 5.41) is 11.6. The lowest BCUT2D eigenvalue weighted by Gasteiger charge is -2.34. The highest BCUT2D eigenvalue weighted by Crippen LogP contribution is 2.14. The monoisotopic (exact) mass is 828 g/mol. The number of nitrogens with zero attached hydrogens (tertiary/aromatic N) is 1. The molecule has 0 N–H and O–H groups in total. The van der Waals surface area contributed by atoms with Gasteiger partial charge >= 0.3 is 11.9 Å². The molecule has 0 rings (SSSR count). The van der Waals surface area contributed by atoms with Gasteiger partial charge < -0.3 is 28.6 Å². The van der Waals surface area contributed by atoms with Crippen LogP contribution in [-0.4, -0.2) is 75.5 Å². The maximum Gasteiger partial charge on any atom is 0.306 e. The quantitative estimate of drug-likeness (QED) is 0.0261. The predicted molar refractivity (Wildman–Crippen MR) is 245 cm³/mol. The van der Waals surface area contributed by atoms with Crippen LogP contribution >= 0.6 is 0 Å². The molecule has 0 saturated heterocycles. The van der Waals surface area contributed by atoms with E-state index in [1.807, 2.05) is 0 Å². The van der Waals surface area contributed by atoms with Gasteiger partial charge in [-0.2, -0.15) is 0 Å². The second-order valence-corrected chi connectivity index (χ2v) is 17.0. The molecule has 0 aromatic heterocycles. The number of hydrogen-bond acceptors (Lipinski definition) is 7. The van der Waals surface area contributed by atoms with Gasteiger partial charge in [-0.25, -0.2) is 0 Å². The number of allylic oxidation sites excluding steroid dienone is 10. The topological polar surface area (TPSA) is 102 Å². The number of rotatable bonds is 42. The lowest BCUT2D eigenvalue weighted by molar-refractivity contribution is -0.889. The molecular weight excluding hydrogens is 739 g/mol. The average molecular weight is 828 g/mol. The van der Waals surface area contributed by atoms with Crippen molar-refractivity contribution >= 4 is 17.9 Å². The minimum atomic E-state index is -1.13. The Morgan fingerprint density at radius 3 is 1.44 bits per heavy atom. The first-order chi connectivity index (χ1) is 28.6. The Balaban J connectivity index is 4.35. The van der Waals surface area contributed by atoms with Crippen LogP contribution in [0.4, 0.5) is 0 Å². The molecule has 0 bridgehead atoms. The van der Waals surface area contributed by atoms with Crippen molar-refractivity contribution in [3.8, 4) is 0 Å². The molecular formula is C51H89NO7. The lowest BCUT2D eigenvalue weighted by atomic mass is 10.1. The Bertz CT molecular complexity index is 1150. The molecule has 0 aliphatic heterocycles. The summed E-state index contributed by atoms with van der Waals surface area (Å²) in [7, 11) is 5.40. The standard InChI is InChI=1S/C51H89NO7/c1-6-8-10-12-14-16-18-20-22-24-25-26-28-30-32-34-36-38-40-42-50(54)59-47(45-57-44-43-48(51(55)56)52(3,4)5)46-58-49(53)41-39-37-35-33-31-29-27-23-21-19-17-15-13-11-9-7-2/h9,11,15,17,21,23-25,29,31,47-48H,6-8,10,12-14,16,18-20,22,26-28,30,32-46H2,1-5H3/b11-9+,17-15+,23-21+,25-24+,31-29+. The molecule has 8 nitrogen and oxygen atoms in total. The van der Waals surface area contributed by atoms with Crippen molar-refractivity contribution < 1.29 is 38.2 Å². The predicted octanol–water partition coefficient (Wildman–Crippen LogP) is 12.0. The van der Waals surface area contributed by atoms with Crippen LogP contribution in [0.15, 0.2) is 60.8 Å². The molecule has 0 amide bonds. The molecule has 2 atom stereocenters. The Morgan fingerprint density at radius 2 is 0.949 bits per heavy atom. The van der Waals surface area contributed by atoms with Crippen molar-refractivity contribution in [1.82, 2.24) is 0 Å². The van der Waals surface area contributed by atoms with Gasteiger partial charge in [0.2, 0.25) is 0 Å². The van der Waals surface area contributed by atoms with E-state index in [4.69, 9.17) is 14.2 Å². The van der Waals surface area contributed by atoms with E-state index in [0.717, 1.165) is 70.6 Å². The van der Waals surface area contributed by atoms with Crippen LogP contribution in [0.2, 0.25) is 0 Å². The number of likely N-dealkylation sites (N-methyl/N-ethyl adjacent to an activating group) is 1. The number of esters is 2. The molecule has 2 unspecified atom stereocenters. The molecule has 59 heavy (non-hydrogen) atoms. The van der Waals surface area contributed by atoms with Gasteiger partial charge in [0.25, 0.3) is 0 Å². The normalized spacial score (nSPS) is 13.4. The third-order valence-electron chi connectivity index (χ3n) is 10.4. The third kappa shape index (κ3) is 40.2. The van der Waals surface area contributed by atoms with E-state index in [1.54, 1.807) is 21.1 Å². The van der Waals surface area contributed by atoms with Crippen molar-refractivity contribution in [1.29, 1.82) is 0 Å². The second kappa shape index (κ2) is 41.8. The Labute approximate surface area is 362 Å². The number of hydrogen-bond donors (Lipinski definition) is 0. The van der Waals surface area contributed by atoms with Crippen molar-refractivity contribution in [2.24, 2.45) is 0 Å². The van der Waals surface area contributed by atoms with E-state index in [1.165, 1.54) is 89.9 Å². The molecule has 0 aromatic carbocycles. The third-order valence-corrected chi connectivity index (χ3v) is 10.4. The largest absolute Gasteiger partial charge is 0.544 e. The van der Waals surface area contributed by atoms with Crippen LogP contribution in [0.1, 0.15) is 194 Å². The fourth-order valence-electron chi connectivity index (χ4n) is 6.70. The smallest absolute Gasteiger partial charge is 0.306 e. The Hall–Kier alpha value is -2.97. The highest BCUT2D eigenvalue weighted by atomic mass is 16.6. The van der Waals surface area contributed by atoms with Crippen molar-refractivity contribution in [2.75, 3.05) is 41.0 Å². The summed E-state index contributed by atoms with van der Waals surface area (Å²) in [4.78, 5) is 36.9. The van der Waals surface area contributed by atoms with E-state index >= 15 is 0 Å². The zero-order valence-electron chi connectivity index (χ0n) is 38.7. The van der Waals surface area contributed by atoms with Crippen LogP contribution in [-0.2, 0) is 28.6 Å². The van der Waals surface area contributed by atoms with E-state index in [2.05, 4.69) is 74.6 Å². The molecule has 8 heteroatoms. The Morgan fingerprint density at radius 1 is 0.525 bits per heavy atom. The maximum atomic E-state index is 12.8. The minimum Gasteiger partial charge on any atom is -0.544 e. The zero-order valence-corrected chi connectivity index (χ0v) is 38.7. The van der Waals surface area contributed by atoms with Crippen LogP contribution in [0.5, 0.6) is 0 Å². The number of aliphatic carboxylic acids is 1. The van der Waals surface area contributed by atoms with E-state index in [0.29, 0.717) is 12.8 Å². The molecule has 0 radical (unpaired) electrons. The molecule has 0 aliphatic carbocycles. The van der Waals surface area contributed by atoms with Crippen LogP contribution in [0.25, 0.3) is 0 Å². The first-order valence-electron chi connectivity index (χ1n) is 23.8. The number of unbranched alkanes of at least 4 members (excludes halogenated alkanes) is 18. The van der Waals surface area contributed by atoms with Gasteiger partial charge in [0, 0.05) is 19.3 Å². The number of ether oxygens (including phenoxy) is 3. The van der Waals surface area contributed by atoms with Crippen molar-refractivity contribution in [2.45, 2.75) is 206 Å². The van der Waals surface area contributed by atoms with E-state index in [-0.39, 0.29) is 42.7 Å². The average Bonchev–Trinajstić information content (AvgIpc) is 3.19. The minimum absolute atomic E-state index is 0.0270. The fraction of sp³-hybridized carbons (Fsp3) is 0.745. The summed E-state index contributed by atoms with van der Waals surface area (Å²) in [5.74, 6) is -1.78. The zero-order chi connectivity index (χ0) is 43.5. The van der Waals surface area contributed by atoms with Gasteiger partial charge in [-0.1, -0.05) is 158 Å². The number of quaternary nitrogens is 1. The maximum absolute atomic E-state index is 12.8. The van der Waals surface area contributed by atoms with Gasteiger partial charge in [-0.05, 0) is 77.0 Å². The molecule has 0 saturated carbocycles. The van der Waals surface area contributed by atoms with Gasteiger partial charge in [-0.3, -0.25) is 9.59 Å². The fourth-order valence-corrected chi connectivity index (χ4v) is 6.70. The summed E-state index contributed by atoms with van der Waals surface area (Å²) in [6.45, 7) is 4.51. The number of carbonyl (C=O) groups excluding carboxylic acids is 3. The van der Waals surface area contributed by atoms with E-state index < -0.39 is 18.1 Å². The Kier molecular flexibility index (Phi) is 39.6. The number of carboxylic acid groups (broad SMARTS) is 1. The van der Waals surface area contributed by atoms with Crippen molar-refractivity contribution in [3.05, 3.63) is 60.8 Å². The molecule has 0 aliphatic rings. The second-order valence-electron chi connectivity index (χ2n) is 17.0. The van der Waals surface area contributed by atoms with Gasteiger partial charge in [0.15, 0.2) is 6.10 Å². The van der Waals surface area contributed by atoms with Gasteiger partial charge in [0.1, 0.15) is 12.6 Å².